The molecule has 0 aliphatic heterocycles. The van der Waals surface area contributed by atoms with E-state index in [0.29, 0.717) is 22.8 Å². The zero-order chi connectivity index (χ0) is 20.1. The largest absolute Gasteiger partial charge is 0.497 e. The summed E-state index contributed by atoms with van der Waals surface area (Å²) in [7, 11) is 3.05. The number of rotatable bonds is 6. The van der Waals surface area contributed by atoms with E-state index in [1.807, 2.05) is 0 Å². The fraction of sp³-hybridized carbons (Fsp3) is 0.150. The number of hydrogen-bond donors (Lipinski definition) is 1. The third-order valence-electron chi connectivity index (χ3n) is 3.99. The standard InChI is InChI=1S/C20H18FN3O4/c1-27-13-7-8-14(18(11-13)28-2)16-9-10-20(26)24(23-16)12-19(25)22-17-6-4-3-5-15(17)21/h3-11H,12H2,1-2H3,(H,22,25). The molecule has 0 atom stereocenters. The molecule has 0 unspecified atom stereocenters. The van der Waals surface area contributed by atoms with Crippen molar-refractivity contribution in [3.05, 3.63) is 70.8 Å². The number of anilines is 1. The molecule has 7 nitrogen and oxygen atoms in total. The van der Waals surface area contributed by atoms with Crippen molar-refractivity contribution in [2.75, 3.05) is 19.5 Å². The Balaban J connectivity index is 1.87. The molecule has 0 aliphatic carbocycles. The summed E-state index contributed by atoms with van der Waals surface area (Å²) in [6.07, 6.45) is 0. The Kier molecular flexibility index (Phi) is 5.69. The van der Waals surface area contributed by atoms with Gasteiger partial charge in [-0.15, -0.1) is 0 Å². The van der Waals surface area contributed by atoms with Gasteiger partial charge in [0.05, 0.1) is 25.6 Å². The molecule has 0 aliphatic rings. The van der Waals surface area contributed by atoms with Crippen LogP contribution in [0.15, 0.2) is 59.4 Å². The first-order valence-electron chi connectivity index (χ1n) is 8.37. The predicted octanol–water partition coefficient (Wildman–Crippen LogP) is 2.71. The van der Waals surface area contributed by atoms with E-state index in [0.717, 1.165) is 4.68 Å². The molecule has 0 saturated heterocycles. The highest BCUT2D eigenvalue weighted by atomic mass is 19.1. The number of amides is 1. The second-order valence-corrected chi connectivity index (χ2v) is 5.81. The highest BCUT2D eigenvalue weighted by Gasteiger charge is 2.13. The molecule has 1 amide bonds. The zero-order valence-corrected chi connectivity index (χ0v) is 15.3. The van der Waals surface area contributed by atoms with E-state index >= 15 is 0 Å². The van der Waals surface area contributed by atoms with Gasteiger partial charge in [-0.1, -0.05) is 12.1 Å². The van der Waals surface area contributed by atoms with Gasteiger partial charge in [0.2, 0.25) is 5.91 Å². The van der Waals surface area contributed by atoms with Gasteiger partial charge in [-0.2, -0.15) is 5.10 Å². The van der Waals surface area contributed by atoms with Crippen LogP contribution in [0.5, 0.6) is 11.5 Å². The number of ether oxygens (including phenoxy) is 2. The molecular formula is C20H18FN3O4. The van der Waals surface area contributed by atoms with E-state index in [9.17, 15) is 14.0 Å². The lowest BCUT2D eigenvalue weighted by Crippen LogP contribution is -2.29. The van der Waals surface area contributed by atoms with Gasteiger partial charge < -0.3 is 14.8 Å². The number of para-hydroxylation sites is 1. The Morgan fingerprint density at radius 1 is 1.11 bits per heavy atom. The summed E-state index contributed by atoms with van der Waals surface area (Å²) in [5.74, 6) is -0.0162. The maximum absolute atomic E-state index is 13.7. The van der Waals surface area contributed by atoms with E-state index in [-0.39, 0.29) is 12.2 Å². The Labute approximate surface area is 160 Å². The summed E-state index contributed by atoms with van der Waals surface area (Å²) >= 11 is 0. The van der Waals surface area contributed by atoms with Gasteiger partial charge in [-0.3, -0.25) is 9.59 Å². The number of aromatic nitrogens is 2. The van der Waals surface area contributed by atoms with Crippen LogP contribution in [0.3, 0.4) is 0 Å². The first-order chi connectivity index (χ1) is 13.5. The van der Waals surface area contributed by atoms with Gasteiger partial charge in [0.15, 0.2) is 0 Å². The first-order valence-corrected chi connectivity index (χ1v) is 8.37. The molecule has 1 N–H and O–H groups in total. The Bertz CT molecular complexity index is 1070. The number of carbonyl (C=O) groups excluding carboxylic acids is 1. The van der Waals surface area contributed by atoms with Crippen LogP contribution < -0.4 is 20.3 Å². The third-order valence-corrected chi connectivity index (χ3v) is 3.99. The molecule has 0 fully saturated rings. The number of methoxy groups -OCH3 is 2. The second kappa shape index (κ2) is 8.34. The molecular weight excluding hydrogens is 365 g/mol. The maximum atomic E-state index is 13.7. The first kappa shape index (κ1) is 19.1. The summed E-state index contributed by atoms with van der Waals surface area (Å²) < 4.78 is 25.2. The molecule has 0 radical (unpaired) electrons. The molecule has 1 heterocycles. The minimum atomic E-state index is -0.571. The number of nitrogens with one attached hydrogen (secondary N) is 1. The van der Waals surface area contributed by atoms with Crippen molar-refractivity contribution in [3.63, 3.8) is 0 Å². The monoisotopic (exact) mass is 383 g/mol. The lowest BCUT2D eigenvalue weighted by atomic mass is 10.1. The van der Waals surface area contributed by atoms with Crippen molar-refractivity contribution in [2.45, 2.75) is 6.54 Å². The van der Waals surface area contributed by atoms with Crippen LogP contribution >= 0.6 is 0 Å². The highest BCUT2D eigenvalue weighted by molar-refractivity contribution is 5.90. The molecule has 1 aromatic heterocycles. The Morgan fingerprint density at radius 2 is 1.89 bits per heavy atom. The van der Waals surface area contributed by atoms with Gasteiger partial charge in [0.1, 0.15) is 23.9 Å². The van der Waals surface area contributed by atoms with E-state index < -0.39 is 17.3 Å². The summed E-state index contributed by atoms with van der Waals surface area (Å²) in [4.78, 5) is 24.3. The number of nitrogens with zero attached hydrogens (tertiary/aromatic N) is 2. The lowest BCUT2D eigenvalue weighted by molar-refractivity contribution is -0.117. The van der Waals surface area contributed by atoms with Crippen molar-refractivity contribution < 1.29 is 18.7 Å². The van der Waals surface area contributed by atoms with Crippen LogP contribution in [0.2, 0.25) is 0 Å². The van der Waals surface area contributed by atoms with Crippen LogP contribution in [0.1, 0.15) is 0 Å². The molecule has 3 rings (SSSR count). The summed E-state index contributed by atoms with van der Waals surface area (Å²) in [5, 5.41) is 6.67. The molecule has 3 aromatic rings. The van der Waals surface area contributed by atoms with E-state index in [1.54, 1.807) is 31.4 Å². The second-order valence-electron chi connectivity index (χ2n) is 5.81. The van der Waals surface area contributed by atoms with Crippen molar-refractivity contribution in [2.24, 2.45) is 0 Å². The van der Waals surface area contributed by atoms with Crippen LogP contribution in [0.4, 0.5) is 10.1 Å². The summed E-state index contributed by atoms with van der Waals surface area (Å²) in [6, 6.07) is 13.8. The summed E-state index contributed by atoms with van der Waals surface area (Å²) in [6.45, 7) is -0.362. The van der Waals surface area contributed by atoms with E-state index in [2.05, 4.69) is 10.4 Å². The topological polar surface area (TPSA) is 82.5 Å². The molecule has 0 spiro atoms. The minimum Gasteiger partial charge on any atom is -0.497 e. The Morgan fingerprint density at radius 3 is 2.61 bits per heavy atom. The quantitative estimate of drug-likeness (QED) is 0.708. The van der Waals surface area contributed by atoms with Crippen LogP contribution in [0.25, 0.3) is 11.3 Å². The average Bonchev–Trinajstić information content (AvgIpc) is 2.71. The van der Waals surface area contributed by atoms with Crippen molar-refractivity contribution in [3.8, 4) is 22.8 Å². The molecule has 8 heteroatoms. The van der Waals surface area contributed by atoms with Gasteiger partial charge in [0, 0.05) is 17.7 Å². The smallest absolute Gasteiger partial charge is 0.267 e. The van der Waals surface area contributed by atoms with E-state index in [1.165, 1.54) is 37.4 Å². The molecule has 28 heavy (non-hydrogen) atoms. The average molecular weight is 383 g/mol. The molecule has 0 bridgehead atoms. The SMILES string of the molecule is COc1ccc(-c2ccc(=O)n(CC(=O)Nc3ccccc3F)n2)c(OC)c1. The van der Waals surface area contributed by atoms with Crippen LogP contribution in [-0.2, 0) is 11.3 Å². The predicted molar refractivity (Wildman–Crippen MR) is 102 cm³/mol. The highest BCUT2D eigenvalue weighted by Crippen LogP contribution is 2.31. The van der Waals surface area contributed by atoms with E-state index in [4.69, 9.17) is 9.47 Å². The fourth-order valence-corrected chi connectivity index (χ4v) is 2.60. The number of halogens is 1. The fourth-order valence-electron chi connectivity index (χ4n) is 2.60. The number of benzene rings is 2. The zero-order valence-electron chi connectivity index (χ0n) is 15.3. The van der Waals surface area contributed by atoms with Crippen molar-refractivity contribution in [1.29, 1.82) is 0 Å². The molecule has 2 aromatic carbocycles. The van der Waals surface area contributed by atoms with Gasteiger partial charge in [-0.05, 0) is 30.3 Å². The lowest BCUT2D eigenvalue weighted by Gasteiger charge is -2.12. The van der Waals surface area contributed by atoms with Gasteiger partial charge >= 0.3 is 0 Å². The third kappa shape index (κ3) is 4.17. The normalized spacial score (nSPS) is 10.4. The van der Waals surface area contributed by atoms with Crippen molar-refractivity contribution >= 4 is 11.6 Å². The van der Waals surface area contributed by atoms with Gasteiger partial charge in [0.25, 0.3) is 5.56 Å². The minimum absolute atomic E-state index is 0.0357. The van der Waals surface area contributed by atoms with Gasteiger partial charge in [-0.25, -0.2) is 9.07 Å². The van der Waals surface area contributed by atoms with Crippen LogP contribution in [0, 0.1) is 5.82 Å². The number of carbonyl (C=O) groups is 1. The van der Waals surface area contributed by atoms with Crippen LogP contribution in [-0.4, -0.2) is 29.9 Å². The maximum Gasteiger partial charge on any atom is 0.267 e. The molecule has 144 valence electrons. The summed E-state index contributed by atoms with van der Waals surface area (Å²) in [5.41, 5.74) is 0.651. The number of hydrogen-bond acceptors (Lipinski definition) is 5. The molecule has 0 saturated carbocycles. The Hall–Kier alpha value is -3.68. The van der Waals surface area contributed by atoms with Crippen molar-refractivity contribution in [1.82, 2.24) is 9.78 Å².